The Morgan fingerprint density at radius 3 is 2.32 bits per heavy atom. The first-order chi connectivity index (χ1) is 15.2. The van der Waals surface area contributed by atoms with E-state index in [1.54, 1.807) is 0 Å². The Bertz CT molecular complexity index is 668. The second kappa shape index (κ2) is 13.0. The minimum Gasteiger partial charge on any atom is -0.379 e. The van der Waals surface area contributed by atoms with Gasteiger partial charge in [-0.1, -0.05) is 38.1 Å². The molecule has 0 aliphatic carbocycles. The maximum Gasteiger partial charge on any atom is 0.191 e. The third kappa shape index (κ3) is 8.07. The van der Waals surface area contributed by atoms with Crippen LogP contribution in [0.1, 0.15) is 25.0 Å². The lowest BCUT2D eigenvalue weighted by molar-refractivity contribution is 0.0341. The maximum atomic E-state index is 5.48. The van der Waals surface area contributed by atoms with Crippen LogP contribution in [0.5, 0.6) is 0 Å². The molecule has 7 nitrogen and oxygen atoms in total. The first-order valence-electron chi connectivity index (χ1n) is 11.9. The van der Waals surface area contributed by atoms with Gasteiger partial charge in [0.15, 0.2) is 5.96 Å². The summed E-state index contributed by atoms with van der Waals surface area (Å²) < 4.78 is 5.48. The van der Waals surface area contributed by atoms with Gasteiger partial charge in [0.2, 0.25) is 0 Å². The van der Waals surface area contributed by atoms with Gasteiger partial charge in [0.25, 0.3) is 0 Å². The highest BCUT2D eigenvalue weighted by molar-refractivity contribution is 5.79. The molecule has 1 unspecified atom stereocenters. The molecule has 1 aromatic rings. The number of nitrogens with zero attached hydrogens (tertiary/aromatic N) is 4. The Balaban J connectivity index is 1.41. The van der Waals surface area contributed by atoms with E-state index in [1.807, 2.05) is 7.05 Å². The van der Waals surface area contributed by atoms with Crippen molar-refractivity contribution in [1.29, 1.82) is 0 Å². The van der Waals surface area contributed by atoms with Crippen molar-refractivity contribution >= 4 is 5.96 Å². The number of nitrogens with one attached hydrogen (secondary N) is 2. The molecule has 0 radical (unpaired) electrons. The molecule has 0 bridgehead atoms. The zero-order valence-electron chi connectivity index (χ0n) is 19.8. The lowest BCUT2D eigenvalue weighted by atomic mass is 10.1. The fourth-order valence-electron chi connectivity index (χ4n) is 4.35. The molecule has 2 aliphatic heterocycles. The van der Waals surface area contributed by atoms with Crippen LogP contribution in [0, 0.1) is 5.92 Å². The number of ether oxygens (including phenoxy) is 1. The van der Waals surface area contributed by atoms with Gasteiger partial charge in [-0.25, -0.2) is 0 Å². The summed E-state index contributed by atoms with van der Waals surface area (Å²) in [6.45, 7) is 18.0. The van der Waals surface area contributed by atoms with Crippen molar-refractivity contribution < 1.29 is 4.74 Å². The average Bonchev–Trinajstić information content (AvgIpc) is 2.81. The first kappa shape index (κ1) is 24.0. The van der Waals surface area contributed by atoms with E-state index in [0.717, 1.165) is 58.4 Å². The molecule has 1 aromatic carbocycles. The lowest BCUT2D eigenvalue weighted by Crippen LogP contribution is -2.48. The van der Waals surface area contributed by atoms with E-state index in [0.29, 0.717) is 5.92 Å². The van der Waals surface area contributed by atoms with Crippen molar-refractivity contribution in [3.63, 3.8) is 0 Å². The van der Waals surface area contributed by atoms with Crippen molar-refractivity contribution in [2.24, 2.45) is 10.9 Å². The summed E-state index contributed by atoms with van der Waals surface area (Å²) in [4.78, 5) is 12.0. The molecule has 0 aromatic heterocycles. The van der Waals surface area contributed by atoms with Crippen LogP contribution in [0.15, 0.2) is 29.3 Å². The van der Waals surface area contributed by atoms with Crippen LogP contribution in [0.4, 0.5) is 0 Å². The van der Waals surface area contributed by atoms with Crippen LogP contribution in [-0.4, -0.2) is 99.8 Å². The number of rotatable bonds is 9. The Morgan fingerprint density at radius 1 is 0.968 bits per heavy atom. The van der Waals surface area contributed by atoms with Gasteiger partial charge in [-0.05, 0) is 23.6 Å². The van der Waals surface area contributed by atoms with Gasteiger partial charge < -0.3 is 25.2 Å². The number of piperazine rings is 1. The molecular formula is C24H42N6O. The third-order valence-corrected chi connectivity index (χ3v) is 6.39. The third-order valence-electron chi connectivity index (χ3n) is 6.39. The minimum absolute atomic E-state index is 0.584. The second-order valence-electron chi connectivity index (χ2n) is 8.80. The topological polar surface area (TPSA) is 55.4 Å². The molecule has 0 spiro atoms. The quantitative estimate of drug-likeness (QED) is 0.457. The summed E-state index contributed by atoms with van der Waals surface area (Å²) in [5.74, 6) is 1.46. The van der Waals surface area contributed by atoms with E-state index in [9.17, 15) is 0 Å². The number of hydrogen-bond donors (Lipinski definition) is 2. The Labute approximate surface area is 188 Å². The Kier molecular flexibility index (Phi) is 10.1. The number of benzene rings is 1. The van der Waals surface area contributed by atoms with Gasteiger partial charge >= 0.3 is 0 Å². The Hall–Kier alpha value is -1.67. The lowest BCUT2D eigenvalue weighted by Gasteiger charge is -2.35. The fraction of sp³-hybridized carbons (Fsp3) is 0.708. The van der Waals surface area contributed by atoms with E-state index < -0.39 is 0 Å². The zero-order chi connectivity index (χ0) is 21.9. The average molecular weight is 431 g/mol. The molecule has 0 saturated carbocycles. The molecule has 2 fully saturated rings. The van der Waals surface area contributed by atoms with Gasteiger partial charge in [0.1, 0.15) is 0 Å². The van der Waals surface area contributed by atoms with Gasteiger partial charge in [0, 0.05) is 72.5 Å². The van der Waals surface area contributed by atoms with Crippen molar-refractivity contribution in [3.8, 4) is 0 Å². The predicted molar refractivity (Wildman–Crippen MR) is 128 cm³/mol. The van der Waals surface area contributed by atoms with Crippen molar-refractivity contribution in [2.75, 3.05) is 79.2 Å². The second-order valence-corrected chi connectivity index (χ2v) is 8.80. The summed E-state index contributed by atoms with van der Waals surface area (Å²) in [7, 11) is 1.85. The van der Waals surface area contributed by atoms with Crippen LogP contribution < -0.4 is 10.6 Å². The van der Waals surface area contributed by atoms with E-state index in [4.69, 9.17) is 4.74 Å². The van der Waals surface area contributed by atoms with E-state index in [1.165, 1.54) is 43.9 Å². The molecule has 2 aliphatic rings. The summed E-state index contributed by atoms with van der Waals surface area (Å²) >= 11 is 0. The number of likely N-dealkylation sites (N-methyl/N-ethyl adjacent to an activating group) is 1. The number of morpholine rings is 1. The van der Waals surface area contributed by atoms with Gasteiger partial charge in [-0.15, -0.1) is 0 Å². The van der Waals surface area contributed by atoms with Crippen LogP contribution in [0.3, 0.4) is 0 Å². The molecule has 174 valence electrons. The fourth-order valence-corrected chi connectivity index (χ4v) is 4.35. The summed E-state index contributed by atoms with van der Waals surface area (Å²) in [6, 6.07) is 8.71. The van der Waals surface area contributed by atoms with Crippen molar-refractivity contribution in [1.82, 2.24) is 25.3 Å². The number of guanidine groups is 1. The van der Waals surface area contributed by atoms with Crippen LogP contribution in [-0.2, 0) is 17.8 Å². The SMILES string of the molecule is CCN1CCN(CC(C)CNC(=NC)NCc2ccccc2CN2CCOCC2)CC1. The molecule has 31 heavy (non-hydrogen) atoms. The van der Waals surface area contributed by atoms with E-state index in [-0.39, 0.29) is 0 Å². The van der Waals surface area contributed by atoms with Crippen LogP contribution >= 0.6 is 0 Å². The van der Waals surface area contributed by atoms with E-state index >= 15 is 0 Å². The highest BCUT2D eigenvalue weighted by Gasteiger charge is 2.17. The Morgan fingerprint density at radius 2 is 1.65 bits per heavy atom. The summed E-state index contributed by atoms with van der Waals surface area (Å²) in [5, 5.41) is 7.04. The highest BCUT2D eigenvalue weighted by Crippen LogP contribution is 2.13. The molecule has 7 heteroatoms. The standard InChI is InChI=1S/C24H42N6O/c1-4-28-9-11-29(12-10-28)19-21(2)17-26-24(25-3)27-18-22-7-5-6-8-23(22)20-30-13-15-31-16-14-30/h5-8,21H,4,9-20H2,1-3H3,(H2,25,26,27). The molecule has 0 amide bonds. The normalized spacial score (nSPS) is 20.5. The highest BCUT2D eigenvalue weighted by atomic mass is 16.5. The molecule has 2 heterocycles. The minimum atomic E-state index is 0.584. The van der Waals surface area contributed by atoms with Crippen LogP contribution in [0.25, 0.3) is 0 Å². The zero-order valence-corrected chi connectivity index (χ0v) is 19.8. The van der Waals surface area contributed by atoms with Crippen LogP contribution in [0.2, 0.25) is 0 Å². The van der Waals surface area contributed by atoms with Crippen molar-refractivity contribution in [3.05, 3.63) is 35.4 Å². The largest absolute Gasteiger partial charge is 0.379 e. The molecule has 1 atom stereocenters. The maximum absolute atomic E-state index is 5.48. The number of hydrogen-bond acceptors (Lipinski definition) is 5. The van der Waals surface area contributed by atoms with Gasteiger partial charge in [0.05, 0.1) is 13.2 Å². The van der Waals surface area contributed by atoms with Crippen molar-refractivity contribution in [2.45, 2.75) is 26.9 Å². The predicted octanol–water partition coefficient (Wildman–Crippen LogP) is 1.46. The monoisotopic (exact) mass is 430 g/mol. The smallest absolute Gasteiger partial charge is 0.191 e. The molecule has 2 N–H and O–H groups in total. The number of aliphatic imine (C=N–C) groups is 1. The molecule has 2 saturated heterocycles. The van der Waals surface area contributed by atoms with Gasteiger partial charge in [-0.3, -0.25) is 9.89 Å². The first-order valence-corrected chi connectivity index (χ1v) is 11.9. The summed E-state index contributed by atoms with van der Waals surface area (Å²) in [6.07, 6.45) is 0. The molecular weight excluding hydrogens is 388 g/mol. The summed E-state index contributed by atoms with van der Waals surface area (Å²) in [5.41, 5.74) is 2.71. The van der Waals surface area contributed by atoms with Gasteiger partial charge in [-0.2, -0.15) is 0 Å². The van der Waals surface area contributed by atoms with E-state index in [2.05, 4.69) is 68.4 Å². The molecule has 3 rings (SSSR count).